The maximum atomic E-state index is 9.75. The van der Waals surface area contributed by atoms with Crippen molar-refractivity contribution in [1.82, 2.24) is 0 Å². The molecule has 0 aliphatic rings. The van der Waals surface area contributed by atoms with E-state index in [1.165, 1.54) is 14.2 Å². The molecule has 4 nitrogen and oxygen atoms in total. The SMILES string of the molecule is CCC(OC)c1cc(OC)c(O)c(OC)c1. The van der Waals surface area contributed by atoms with Gasteiger partial charge in [0.25, 0.3) is 0 Å². The quantitative estimate of drug-likeness (QED) is 0.838. The standard InChI is InChI=1S/C12H18O4/c1-5-9(14-2)8-6-10(15-3)12(13)11(7-8)16-4/h6-7,9,13H,5H2,1-4H3. The van der Waals surface area contributed by atoms with Crippen LogP contribution in [0.3, 0.4) is 0 Å². The predicted octanol–water partition coefficient (Wildman–Crippen LogP) is 2.51. The first-order chi connectivity index (χ1) is 7.67. The molecule has 0 saturated carbocycles. The van der Waals surface area contributed by atoms with Gasteiger partial charge in [0.05, 0.1) is 20.3 Å². The van der Waals surface area contributed by atoms with Crippen molar-refractivity contribution < 1.29 is 19.3 Å². The zero-order valence-corrected chi connectivity index (χ0v) is 10.1. The smallest absolute Gasteiger partial charge is 0.200 e. The van der Waals surface area contributed by atoms with E-state index in [9.17, 15) is 5.11 Å². The monoisotopic (exact) mass is 226 g/mol. The fraction of sp³-hybridized carbons (Fsp3) is 0.500. The van der Waals surface area contributed by atoms with E-state index < -0.39 is 0 Å². The van der Waals surface area contributed by atoms with Gasteiger partial charge in [0.1, 0.15) is 0 Å². The minimum absolute atomic E-state index is 0.0136. The van der Waals surface area contributed by atoms with E-state index in [2.05, 4.69) is 0 Å². The summed E-state index contributed by atoms with van der Waals surface area (Å²) in [6.45, 7) is 2.03. The number of phenolic OH excluding ortho intramolecular Hbond substituents is 1. The lowest BCUT2D eigenvalue weighted by molar-refractivity contribution is 0.0995. The maximum Gasteiger partial charge on any atom is 0.200 e. The van der Waals surface area contributed by atoms with Crippen LogP contribution in [0.1, 0.15) is 25.0 Å². The summed E-state index contributed by atoms with van der Waals surface area (Å²) in [5.41, 5.74) is 0.927. The molecule has 1 rings (SSSR count). The largest absolute Gasteiger partial charge is 0.502 e. The van der Waals surface area contributed by atoms with Gasteiger partial charge < -0.3 is 19.3 Å². The van der Waals surface area contributed by atoms with E-state index in [0.29, 0.717) is 11.5 Å². The summed E-state index contributed by atoms with van der Waals surface area (Å²) in [7, 11) is 4.66. The Labute approximate surface area is 95.8 Å². The third kappa shape index (κ3) is 2.39. The summed E-state index contributed by atoms with van der Waals surface area (Å²) in [5.74, 6) is 0.800. The Balaban J connectivity index is 3.20. The van der Waals surface area contributed by atoms with Crippen molar-refractivity contribution in [3.8, 4) is 17.2 Å². The summed E-state index contributed by atoms with van der Waals surface area (Å²) in [6.07, 6.45) is 0.816. The molecular weight excluding hydrogens is 208 g/mol. The van der Waals surface area contributed by atoms with Crippen LogP contribution in [0.15, 0.2) is 12.1 Å². The van der Waals surface area contributed by atoms with Crippen LogP contribution in [0.4, 0.5) is 0 Å². The highest BCUT2D eigenvalue weighted by atomic mass is 16.5. The highest BCUT2D eigenvalue weighted by Crippen LogP contribution is 2.39. The highest BCUT2D eigenvalue weighted by molar-refractivity contribution is 5.53. The van der Waals surface area contributed by atoms with Gasteiger partial charge in [-0.3, -0.25) is 0 Å². The van der Waals surface area contributed by atoms with Crippen molar-refractivity contribution >= 4 is 0 Å². The zero-order chi connectivity index (χ0) is 12.1. The number of rotatable bonds is 5. The Hall–Kier alpha value is -1.42. The van der Waals surface area contributed by atoms with Crippen LogP contribution in [0.2, 0.25) is 0 Å². The van der Waals surface area contributed by atoms with Crippen molar-refractivity contribution in [1.29, 1.82) is 0 Å². The van der Waals surface area contributed by atoms with Crippen molar-refractivity contribution in [2.75, 3.05) is 21.3 Å². The summed E-state index contributed by atoms with van der Waals surface area (Å²) < 4.78 is 15.5. The van der Waals surface area contributed by atoms with Crippen LogP contribution in [0.25, 0.3) is 0 Å². The maximum absolute atomic E-state index is 9.75. The van der Waals surface area contributed by atoms with Gasteiger partial charge in [-0.25, -0.2) is 0 Å². The van der Waals surface area contributed by atoms with Crippen LogP contribution in [-0.2, 0) is 4.74 Å². The van der Waals surface area contributed by atoms with Gasteiger partial charge >= 0.3 is 0 Å². The summed E-state index contributed by atoms with van der Waals surface area (Å²) in [4.78, 5) is 0. The van der Waals surface area contributed by atoms with E-state index in [0.717, 1.165) is 12.0 Å². The van der Waals surface area contributed by atoms with Crippen molar-refractivity contribution in [2.24, 2.45) is 0 Å². The third-order valence-electron chi connectivity index (χ3n) is 2.53. The Morgan fingerprint density at radius 1 is 1.12 bits per heavy atom. The molecule has 1 unspecified atom stereocenters. The molecule has 0 heterocycles. The molecule has 0 spiro atoms. The van der Waals surface area contributed by atoms with Gasteiger partial charge in [0.15, 0.2) is 11.5 Å². The lowest BCUT2D eigenvalue weighted by Crippen LogP contribution is -2.01. The Morgan fingerprint density at radius 3 is 1.94 bits per heavy atom. The topological polar surface area (TPSA) is 47.9 Å². The van der Waals surface area contributed by atoms with E-state index in [-0.39, 0.29) is 11.9 Å². The second-order valence-electron chi connectivity index (χ2n) is 3.41. The molecule has 90 valence electrons. The second-order valence-corrected chi connectivity index (χ2v) is 3.41. The Morgan fingerprint density at radius 2 is 1.62 bits per heavy atom. The molecule has 0 aromatic heterocycles. The number of aromatic hydroxyl groups is 1. The average molecular weight is 226 g/mol. The first-order valence-corrected chi connectivity index (χ1v) is 5.15. The van der Waals surface area contributed by atoms with Crippen molar-refractivity contribution in [3.63, 3.8) is 0 Å². The van der Waals surface area contributed by atoms with Crippen LogP contribution in [-0.4, -0.2) is 26.4 Å². The zero-order valence-electron chi connectivity index (χ0n) is 10.1. The molecule has 0 amide bonds. The average Bonchev–Trinajstić information content (AvgIpc) is 2.32. The molecule has 16 heavy (non-hydrogen) atoms. The van der Waals surface area contributed by atoms with E-state index in [4.69, 9.17) is 14.2 Å². The molecule has 1 N–H and O–H groups in total. The normalized spacial score (nSPS) is 12.2. The van der Waals surface area contributed by atoms with Crippen LogP contribution < -0.4 is 9.47 Å². The molecule has 0 aliphatic heterocycles. The minimum atomic E-state index is -0.0246. The first-order valence-electron chi connectivity index (χ1n) is 5.15. The molecule has 0 radical (unpaired) electrons. The Kier molecular flexibility index (Phi) is 4.43. The Bertz CT molecular complexity index is 320. The number of ether oxygens (including phenoxy) is 3. The number of benzene rings is 1. The number of hydrogen-bond acceptors (Lipinski definition) is 4. The molecule has 0 bridgehead atoms. The number of methoxy groups -OCH3 is 3. The van der Waals surface area contributed by atoms with Crippen molar-refractivity contribution in [3.05, 3.63) is 17.7 Å². The van der Waals surface area contributed by atoms with Crippen LogP contribution in [0, 0.1) is 0 Å². The predicted molar refractivity (Wildman–Crippen MR) is 61.3 cm³/mol. The number of phenols is 1. The number of hydrogen-bond donors (Lipinski definition) is 1. The molecular formula is C12H18O4. The van der Waals surface area contributed by atoms with Crippen LogP contribution >= 0.6 is 0 Å². The van der Waals surface area contributed by atoms with Crippen LogP contribution in [0.5, 0.6) is 17.2 Å². The summed E-state index contributed by atoms with van der Waals surface area (Å²) in [5, 5.41) is 9.75. The second kappa shape index (κ2) is 5.61. The lowest BCUT2D eigenvalue weighted by atomic mass is 10.1. The lowest BCUT2D eigenvalue weighted by Gasteiger charge is -2.16. The van der Waals surface area contributed by atoms with Gasteiger partial charge in [-0.2, -0.15) is 0 Å². The van der Waals surface area contributed by atoms with E-state index in [1.54, 1.807) is 19.2 Å². The summed E-state index contributed by atoms with van der Waals surface area (Å²) >= 11 is 0. The fourth-order valence-corrected chi connectivity index (χ4v) is 1.64. The third-order valence-corrected chi connectivity index (χ3v) is 2.53. The molecule has 4 heteroatoms. The van der Waals surface area contributed by atoms with E-state index >= 15 is 0 Å². The van der Waals surface area contributed by atoms with Gasteiger partial charge in [0, 0.05) is 7.11 Å². The van der Waals surface area contributed by atoms with Gasteiger partial charge in [0.2, 0.25) is 5.75 Å². The van der Waals surface area contributed by atoms with Crippen molar-refractivity contribution in [2.45, 2.75) is 19.4 Å². The molecule has 1 aromatic rings. The molecule has 0 fully saturated rings. The van der Waals surface area contributed by atoms with Gasteiger partial charge in [-0.15, -0.1) is 0 Å². The fourth-order valence-electron chi connectivity index (χ4n) is 1.64. The highest BCUT2D eigenvalue weighted by Gasteiger charge is 2.16. The van der Waals surface area contributed by atoms with E-state index in [1.807, 2.05) is 6.92 Å². The van der Waals surface area contributed by atoms with Gasteiger partial charge in [-0.1, -0.05) is 6.92 Å². The molecule has 1 aromatic carbocycles. The minimum Gasteiger partial charge on any atom is -0.502 e. The van der Waals surface area contributed by atoms with Gasteiger partial charge in [-0.05, 0) is 24.1 Å². The summed E-state index contributed by atoms with van der Waals surface area (Å²) in [6, 6.07) is 3.52. The molecule has 0 aliphatic carbocycles. The first kappa shape index (κ1) is 12.6. The molecule has 1 atom stereocenters. The molecule has 0 saturated heterocycles.